The van der Waals surface area contributed by atoms with Crippen LogP contribution in [0.2, 0.25) is 0 Å². The average Bonchev–Trinajstić information content (AvgIpc) is 3.86. The number of fused-ring (bicyclic) bond motifs is 6. The maximum atomic E-state index is 6.65. The second-order valence-corrected chi connectivity index (χ2v) is 15.7. The molecule has 0 aliphatic carbocycles. The Bertz CT molecular complexity index is 3190. The van der Waals surface area contributed by atoms with Gasteiger partial charge in [-0.3, -0.25) is 0 Å². The minimum atomic E-state index is 0.833. The van der Waals surface area contributed by atoms with Crippen LogP contribution in [0.15, 0.2) is 229 Å². The Kier molecular flexibility index (Phi) is 8.64. The van der Waals surface area contributed by atoms with Gasteiger partial charge in [0, 0.05) is 88.2 Å². The first kappa shape index (κ1) is 34.6. The van der Waals surface area contributed by atoms with Crippen LogP contribution in [-0.2, 0) is 0 Å². The summed E-state index contributed by atoms with van der Waals surface area (Å²) in [6.45, 7) is 0. The van der Waals surface area contributed by atoms with Gasteiger partial charge in [0.15, 0.2) is 0 Å². The zero-order chi connectivity index (χ0) is 39.1. The van der Waals surface area contributed by atoms with Crippen molar-refractivity contribution in [3.63, 3.8) is 0 Å². The third-order valence-electron chi connectivity index (χ3n) is 11.0. The van der Waals surface area contributed by atoms with Gasteiger partial charge >= 0.3 is 0 Å². The SMILES string of the molecule is c1ccc(N(c2cccc(N(c3ccccc3)c3ccc4sc5ccccc5c4c3)c2)c2ccc3c(c2)oc2ccc(N(c4ccccc4)c4ccccc4)cc23)cc1. The van der Waals surface area contributed by atoms with Crippen molar-refractivity contribution in [1.29, 1.82) is 0 Å². The first-order chi connectivity index (χ1) is 29.2. The molecule has 0 bridgehead atoms. The zero-order valence-electron chi connectivity index (χ0n) is 32.0. The van der Waals surface area contributed by atoms with Crippen molar-refractivity contribution in [3.8, 4) is 0 Å². The van der Waals surface area contributed by atoms with Crippen LogP contribution < -0.4 is 14.7 Å². The summed E-state index contributed by atoms with van der Waals surface area (Å²) >= 11 is 1.84. The zero-order valence-corrected chi connectivity index (χ0v) is 32.8. The Morgan fingerprint density at radius 2 is 0.678 bits per heavy atom. The predicted molar refractivity (Wildman–Crippen MR) is 251 cm³/mol. The van der Waals surface area contributed by atoms with E-state index in [1.54, 1.807) is 0 Å². The van der Waals surface area contributed by atoms with Gasteiger partial charge in [0.2, 0.25) is 0 Å². The van der Waals surface area contributed by atoms with E-state index >= 15 is 0 Å². The van der Waals surface area contributed by atoms with E-state index in [2.05, 4.69) is 239 Å². The highest BCUT2D eigenvalue weighted by atomic mass is 32.1. The van der Waals surface area contributed by atoms with Gasteiger partial charge in [0.1, 0.15) is 11.2 Å². The average molecular weight is 776 g/mol. The van der Waals surface area contributed by atoms with E-state index in [0.717, 1.165) is 73.1 Å². The van der Waals surface area contributed by atoms with Gasteiger partial charge in [-0.05, 0) is 121 Å². The first-order valence-corrected chi connectivity index (χ1v) is 20.7. The molecule has 0 aliphatic heterocycles. The third-order valence-corrected chi connectivity index (χ3v) is 12.1. The van der Waals surface area contributed by atoms with Gasteiger partial charge in [-0.25, -0.2) is 0 Å². The van der Waals surface area contributed by atoms with Crippen LogP contribution in [-0.4, -0.2) is 0 Å². The number of nitrogens with zero attached hydrogens (tertiary/aromatic N) is 3. The van der Waals surface area contributed by atoms with E-state index in [9.17, 15) is 0 Å². The highest BCUT2D eigenvalue weighted by Gasteiger charge is 2.20. The highest BCUT2D eigenvalue weighted by Crippen LogP contribution is 2.45. The molecule has 0 N–H and O–H groups in total. The lowest BCUT2D eigenvalue weighted by atomic mass is 10.1. The fraction of sp³-hybridized carbons (Fsp3) is 0. The molecule has 0 radical (unpaired) electrons. The van der Waals surface area contributed by atoms with Crippen LogP contribution in [0, 0.1) is 0 Å². The number of thiophene rings is 1. The largest absolute Gasteiger partial charge is 0.456 e. The molecule has 2 aromatic heterocycles. The Balaban J connectivity index is 1.02. The molecule has 59 heavy (non-hydrogen) atoms. The van der Waals surface area contributed by atoms with Crippen LogP contribution in [0.1, 0.15) is 0 Å². The topological polar surface area (TPSA) is 22.9 Å². The van der Waals surface area contributed by atoms with Gasteiger partial charge in [0.05, 0.1) is 0 Å². The molecule has 0 amide bonds. The predicted octanol–water partition coefficient (Wildman–Crippen LogP) is 16.4. The lowest BCUT2D eigenvalue weighted by Crippen LogP contribution is -2.13. The van der Waals surface area contributed by atoms with Gasteiger partial charge in [0.25, 0.3) is 0 Å². The third kappa shape index (κ3) is 6.35. The van der Waals surface area contributed by atoms with Crippen LogP contribution >= 0.6 is 11.3 Å². The van der Waals surface area contributed by atoms with E-state index in [1.807, 2.05) is 11.3 Å². The number of benzene rings is 9. The van der Waals surface area contributed by atoms with E-state index in [-0.39, 0.29) is 0 Å². The fourth-order valence-corrected chi connectivity index (χ4v) is 9.39. The van der Waals surface area contributed by atoms with Crippen molar-refractivity contribution in [2.24, 2.45) is 0 Å². The summed E-state index contributed by atoms with van der Waals surface area (Å²) in [4.78, 5) is 6.95. The maximum absolute atomic E-state index is 6.65. The van der Waals surface area contributed by atoms with Crippen LogP contribution in [0.25, 0.3) is 42.1 Å². The number of rotatable bonds is 9. The van der Waals surface area contributed by atoms with Crippen molar-refractivity contribution in [2.45, 2.75) is 0 Å². The molecule has 4 nitrogen and oxygen atoms in total. The number of anilines is 9. The fourth-order valence-electron chi connectivity index (χ4n) is 8.31. The second-order valence-electron chi connectivity index (χ2n) is 14.6. The summed E-state index contributed by atoms with van der Waals surface area (Å²) in [5.74, 6) is 0. The van der Waals surface area contributed by atoms with Crippen LogP contribution in [0.3, 0.4) is 0 Å². The quantitative estimate of drug-likeness (QED) is 0.146. The molecule has 11 aromatic rings. The number of hydrogen-bond acceptors (Lipinski definition) is 5. The normalized spacial score (nSPS) is 11.4. The minimum absolute atomic E-state index is 0.833. The minimum Gasteiger partial charge on any atom is -0.456 e. The summed E-state index contributed by atoms with van der Waals surface area (Å²) in [6.07, 6.45) is 0. The number of hydrogen-bond donors (Lipinski definition) is 0. The lowest BCUT2D eigenvalue weighted by Gasteiger charge is -2.29. The number of furan rings is 1. The number of para-hydroxylation sites is 4. The molecule has 0 spiro atoms. The maximum Gasteiger partial charge on any atom is 0.137 e. The molecule has 0 atom stereocenters. The summed E-state index contributed by atoms with van der Waals surface area (Å²) in [5, 5.41) is 4.70. The van der Waals surface area contributed by atoms with Crippen molar-refractivity contribution >= 4 is 105 Å². The molecule has 0 aliphatic rings. The van der Waals surface area contributed by atoms with E-state index < -0.39 is 0 Å². The summed E-state index contributed by atoms with van der Waals surface area (Å²) in [5.41, 5.74) is 11.3. The molecular weight excluding hydrogens is 739 g/mol. The van der Waals surface area contributed by atoms with Gasteiger partial charge in [-0.1, -0.05) is 97.1 Å². The van der Waals surface area contributed by atoms with E-state index in [0.29, 0.717) is 0 Å². The first-order valence-electron chi connectivity index (χ1n) is 19.8. The molecule has 5 heteroatoms. The van der Waals surface area contributed by atoms with Crippen molar-refractivity contribution in [3.05, 3.63) is 224 Å². The Hall–Kier alpha value is -7.60. The van der Waals surface area contributed by atoms with Gasteiger partial charge < -0.3 is 19.1 Å². The monoisotopic (exact) mass is 775 g/mol. The Morgan fingerprint density at radius 3 is 1.27 bits per heavy atom. The van der Waals surface area contributed by atoms with Crippen molar-refractivity contribution in [1.82, 2.24) is 0 Å². The molecule has 0 unspecified atom stereocenters. The Morgan fingerprint density at radius 1 is 0.254 bits per heavy atom. The van der Waals surface area contributed by atoms with Crippen LogP contribution in [0.5, 0.6) is 0 Å². The van der Waals surface area contributed by atoms with Gasteiger partial charge in [-0.2, -0.15) is 0 Å². The summed E-state index contributed by atoms with van der Waals surface area (Å²) in [7, 11) is 0. The molecule has 0 saturated heterocycles. The molecule has 0 fully saturated rings. The lowest BCUT2D eigenvalue weighted by molar-refractivity contribution is 0.669. The highest BCUT2D eigenvalue weighted by molar-refractivity contribution is 7.25. The molecular formula is C54H37N3OS. The smallest absolute Gasteiger partial charge is 0.137 e. The second kappa shape index (κ2) is 14.7. The summed E-state index contributed by atoms with van der Waals surface area (Å²) < 4.78 is 9.23. The Labute approximate surface area is 346 Å². The van der Waals surface area contributed by atoms with Crippen LogP contribution in [0.4, 0.5) is 51.2 Å². The molecule has 280 valence electrons. The van der Waals surface area contributed by atoms with Crippen molar-refractivity contribution < 1.29 is 4.42 Å². The molecule has 0 saturated carbocycles. The van der Waals surface area contributed by atoms with E-state index in [1.165, 1.54) is 20.2 Å². The van der Waals surface area contributed by atoms with E-state index in [4.69, 9.17) is 4.42 Å². The molecule has 9 aromatic carbocycles. The van der Waals surface area contributed by atoms with Gasteiger partial charge in [-0.15, -0.1) is 11.3 Å². The summed E-state index contributed by atoms with van der Waals surface area (Å²) in [6, 6.07) is 79.6. The standard InChI is InChI=1S/C54H37N3OS/c1-5-16-38(17-6-1)55(39-18-7-2-8-19-39)44-29-32-51-49(35-44)47-31-28-46(37-52(47)58-51)57(41-22-11-4-12-23-41)43-25-15-24-42(34-43)56(40-20-9-3-10-21-40)45-30-33-54-50(36-45)48-26-13-14-27-53(48)59-54/h1-37H. The molecule has 2 heterocycles. The van der Waals surface area contributed by atoms with Crippen molar-refractivity contribution in [2.75, 3.05) is 14.7 Å². The molecule has 11 rings (SSSR count).